The van der Waals surface area contributed by atoms with Crippen molar-refractivity contribution < 1.29 is 88.3 Å². The molecule has 22 heteroatoms. The van der Waals surface area contributed by atoms with Crippen LogP contribution in [0, 0.1) is 65.1 Å². The Labute approximate surface area is 659 Å². The first-order valence-corrected chi connectivity index (χ1v) is 42.3. The third-order valence-corrected chi connectivity index (χ3v) is 27.8. The van der Waals surface area contributed by atoms with Gasteiger partial charge >= 0.3 is 47.3 Å². The molecule has 12 aliphatic carbocycles. The molecule has 608 valence electrons. The molecular weight excluding hydrogens is 1460 g/mol. The number of esters is 7. The van der Waals surface area contributed by atoms with Crippen LogP contribution >= 0.6 is 0 Å². The van der Waals surface area contributed by atoms with Gasteiger partial charge in [-0.1, -0.05) is 108 Å². The first-order valence-electron chi connectivity index (χ1n) is 39.6. The van der Waals surface area contributed by atoms with Crippen molar-refractivity contribution in [2.24, 2.45) is 65.1 Å². The molecule has 17 nitrogen and oxygen atoms in total. The van der Waals surface area contributed by atoms with Crippen molar-refractivity contribution in [1.29, 1.82) is 0 Å². The summed E-state index contributed by atoms with van der Waals surface area (Å²) in [6.07, 6.45) is 25.0. The maximum absolute atomic E-state index is 12.0. The van der Waals surface area contributed by atoms with Gasteiger partial charge in [0, 0.05) is 45.3 Å². The highest BCUT2D eigenvalue weighted by atomic mass is 32.2. The fraction of sp³-hybridized carbons (Fsp3) is 0.584. The van der Waals surface area contributed by atoms with E-state index in [0.29, 0.717) is 57.5 Å². The van der Waals surface area contributed by atoms with Crippen LogP contribution in [0.5, 0.6) is 0 Å². The van der Waals surface area contributed by atoms with E-state index in [4.69, 9.17) is 28.4 Å². The van der Waals surface area contributed by atoms with E-state index in [0.717, 1.165) is 75.0 Å². The molecule has 13 aliphatic rings. The Balaban J connectivity index is 0.000000163. The molecule has 0 amide bonds. The quantitative estimate of drug-likeness (QED) is 0.0336. The van der Waals surface area contributed by atoms with Gasteiger partial charge in [0.1, 0.15) is 34.6 Å². The van der Waals surface area contributed by atoms with E-state index < -0.39 is 34.7 Å². The molecule has 3 aromatic rings. The highest BCUT2D eigenvalue weighted by Gasteiger charge is 2.64. The Kier molecular flexibility index (Phi) is 30.9. The molecule has 16 rings (SSSR count). The maximum Gasteiger partial charge on any atom is 0.480 e. The molecule has 3 aromatic carbocycles. The minimum Gasteiger partial charge on any atom is -0.538 e. The maximum atomic E-state index is 12.0. The second-order valence-corrected chi connectivity index (χ2v) is 36.9. The Hall–Kier alpha value is -7.56. The number of hydrogen-bond acceptors (Lipinski definition) is 16. The summed E-state index contributed by atoms with van der Waals surface area (Å²) in [6.45, 7) is 38.3. The number of alkyl halides is 3. The van der Waals surface area contributed by atoms with Gasteiger partial charge in [0.15, 0.2) is 24.7 Å². The molecule has 10 bridgehead atoms. The van der Waals surface area contributed by atoms with Crippen molar-refractivity contribution in [3.63, 3.8) is 0 Å². The van der Waals surface area contributed by atoms with Gasteiger partial charge in [-0.15, -0.1) is 6.54 Å². The lowest BCUT2D eigenvalue weighted by Gasteiger charge is -2.60. The van der Waals surface area contributed by atoms with Crippen molar-refractivity contribution in [1.82, 2.24) is 0 Å². The lowest BCUT2D eigenvalue weighted by atomic mass is 9.49. The summed E-state index contributed by atoms with van der Waals surface area (Å²) in [5, 5.41) is 0. The zero-order valence-electron chi connectivity index (χ0n) is 66.8. The van der Waals surface area contributed by atoms with E-state index in [-0.39, 0.29) is 98.7 Å². The second-order valence-electron chi connectivity index (χ2n) is 33.2. The Morgan fingerprint density at radius 1 is 0.505 bits per heavy atom. The summed E-state index contributed by atoms with van der Waals surface area (Å²) in [4.78, 5) is 84.1. The number of carbonyl (C=O) groups excluding carboxylic acids is 7. The van der Waals surface area contributed by atoms with Gasteiger partial charge < -0.3 is 37.9 Å². The van der Waals surface area contributed by atoms with Crippen LogP contribution in [0.4, 0.5) is 13.2 Å². The molecule has 5 unspecified atom stereocenters. The van der Waals surface area contributed by atoms with Crippen molar-refractivity contribution in [2.75, 3.05) is 13.2 Å². The Morgan fingerprint density at radius 3 is 1.29 bits per heavy atom. The van der Waals surface area contributed by atoms with Crippen LogP contribution in [0.2, 0.25) is 0 Å². The average Bonchev–Trinajstić information content (AvgIpc) is 1.72. The van der Waals surface area contributed by atoms with Crippen LogP contribution < -0.4 is 0 Å². The predicted octanol–water partition coefficient (Wildman–Crippen LogP) is 19.5. The number of hydrogen-bond donors (Lipinski definition) is 0. The third-order valence-electron chi connectivity index (χ3n) is 24.5. The largest absolute Gasteiger partial charge is 0.538 e. The van der Waals surface area contributed by atoms with Gasteiger partial charge in [-0.25, -0.2) is 37.2 Å². The molecule has 1 saturated heterocycles. The fourth-order valence-corrected chi connectivity index (χ4v) is 21.4. The van der Waals surface area contributed by atoms with Crippen molar-refractivity contribution in [3.8, 4) is 0 Å². The van der Waals surface area contributed by atoms with Crippen LogP contribution in [-0.4, -0.2) is 103 Å². The summed E-state index contributed by atoms with van der Waals surface area (Å²) >= 11 is 0. The molecular formula is C89H118F3NO16S2. The van der Waals surface area contributed by atoms with Gasteiger partial charge in [-0.05, 0) is 280 Å². The van der Waals surface area contributed by atoms with Crippen LogP contribution in [0.3, 0.4) is 0 Å². The summed E-state index contributed by atoms with van der Waals surface area (Å²) in [5.41, 5.74) is -3.67. The minimum absolute atomic E-state index is 0.0146. The highest BCUT2D eigenvalue weighted by molar-refractivity contribution is 7.97. The first kappa shape index (κ1) is 89.0. The summed E-state index contributed by atoms with van der Waals surface area (Å²) < 4.78 is 96.0. The second kappa shape index (κ2) is 38.5. The number of nitrogens with zero attached hydrogens (tertiary/aromatic N) is 1. The van der Waals surface area contributed by atoms with Crippen LogP contribution in [0.15, 0.2) is 179 Å². The minimum atomic E-state index is -5.50. The first-order chi connectivity index (χ1) is 52.3. The summed E-state index contributed by atoms with van der Waals surface area (Å²) in [6, 6.07) is 32.2. The molecule has 5 atom stereocenters. The SMILES string of the molecule is C=C(C)C(=O)OC1(C)C2CC3CC(C2)CC1C3.C=C(C)C(=O)OC1(C)CCCC1.C=C(C)C(=O)OC1(CC)C2CC3CC(C2)CC1C3.C=C(C)C(=O)OC1(CC)CCCC1.C=C(C)C(=O)OC1C2CC3C(=O)OC1C3C2.C=C(C)C(=O)OCC[N-]S(=O)(=O)C(F)(F)F.c1ccc([S+](c2ccccc2)c2ccccc2)cc1. The smallest absolute Gasteiger partial charge is 0.480 e. The number of fused-ring (bicyclic) bond motifs is 1. The molecule has 12 saturated carbocycles. The fourth-order valence-electron chi connectivity index (χ4n) is 18.9. The van der Waals surface area contributed by atoms with Crippen molar-refractivity contribution in [3.05, 3.63) is 169 Å². The Bertz CT molecular complexity index is 3800. The summed E-state index contributed by atoms with van der Waals surface area (Å²) in [7, 11) is -5.52. The van der Waals surface area contributed by atoms with E-state index in [2.05, 4.69) is 161 Å². The Morgan fingerprint density at radius 2 is 0.892 bits per heavy atom. The van der Waals surface area contributed by atoms with Gasteiger partial charge in [-0.3, -0.25) is 4.79 Å². The molecule has 111 heavy (non-hydrogen) atoms. The van der Waals surface area contributed by atoms with E-state index in [1.165, 1.54) is 112 Å². The monoisotopic (exact) mass is 1580 g/mol. The zero-order chi connectivity index (χ0) is 81.6. The standard InChI is InChI=1S/C18H15S.C16H24O2.C15H22O2.C12H14O4.C11H18O2.C10H16O2.C7H9F3NO4S/c1-4-10-16(11-5-1)19(17-12-6-2-7-13-17)18-14-8-3-9-15-18;1-4-16(18-15(17)10(2)3)13-6-11-5-12(8-13)9-14(16)7-11;1-9(2)14(16)17-15(3)12-5-10-4-11(7-12)8-13(15)6-10;1-5(2)11(13)15-9-6-3-7-8(4-6)12(14)16-10(7)9;1-4-11(7-5-6-8-11)13-10(12)9(2)3;1-8(2)9(11)12-10(3)6-4-5-7-10;1-5(2)6(12)15-4-3-11-16(13,14)7(8,9)10/h1-15H;11-14H,2,4-9H2,1,3H3;10-13H,1,4-8H2,2-3H3;6-10H,1,3-4H2,2H3;2,4-8H2,1,3H3;1,4-7H2,2-3H3;1,3-4H2,2H3/q+1;;;;;;-1. The van der Waals surface area contributed by atoms with Crippen LogP contribution in [0.25, 0.3) is 4.72 Å². The number of halogens is 3. The lowest BCUT2D eigenvalue weighted by molar-refractivity contribution is -0.207. The van der Waals surface area contributed by atoms with E-state index in [1.54, 1.807) is 34.6 Å². The molecule has 1 aliphatic heterocycles. The molecule has 1 heterocycles. The van der Waals surface area contributed by atoms with Crippen LogP contribution in [-0.2, 0) is 87.6 Å². The molecule has 13 fully saturated rings. The number of benzene rings is 3. The van der Waals surface area contributed by atoms with Gasteiger partial charge in [-0.2, -0.15) is 13.2 Å². The number of sulfonamides is 1. The lowest BCUT2D eigenvalue weighted by Crippen LogP contribution is -2.59. The van der Waals surface area contributed by atoms with E-state index in [9.17, 15) is 55.2 Å². The normalized spacial score (nSPS) is 28.8. The summed E-state index contributed by atoms with van der Waals surface area (Å²) in [5.74, 6) is 4.56. The predicted molar refractivity (Wildman–Crippen MR) is 422 cm³/mol. The van der Waals surface area contributed by atoms with Gasteiger partial charge in [0.25, 0.3) is 0 Å². The highest BCUT2D eigenvalue weighted by Crippen LogP contribution is 2.62. The van der Waals surface area contributed by atoms with E-state index >= 15 is 0 Å². The topological polar surface area (TPSA) is 232 Å². The van der Waals surface area contributed by atoms with Crippen molar-refractivity contribution in [2.45, 2.75) is 265 Å². The van der Waals surface area contributed by atoms with E-state index in [1.807, 2.05) is 6.92 Å². The molecule has 0 radical (unpaired) electrons. The zero-order valence-corrected chi connectivity index (χ0v) is 68.4. The number of ether oxygens (including phenoxy) is 7. The van der Waals surface area contributed by atoms with Gasteiger partial charge in [0.2, 0.25) is 0 Å². The van der Waals surface area contributed by atoms with Gasteiger partial charge in [0.05, 0.1) is 23.4 Å². The molecule has 0 spiro atoms. The molecule has 0 N–H and O–H groups in total. The van der Waals surface area contributed by atoms with Crippen molar-refractivity contribution >= 4 is 62.7 Å². The average molecular weight is 1580 g/mol. The number of carbonyl (C=O) groups is 7. The third kappa shape index (κ3) is 22.7. The number of rotatable bonds is 20. The van der Waals surface area contributed by atoms with Crippen LogP contribution in [0.1, 0.15) is 210 Å². The molecule has 0 aromatic heterocycles.